The number of aryl methyl sites for hydroxylation is 3. The number of fused-ring (bicyclic) bond motifs is 2. The van der Waals surface area contributed by atoms with Crippen LogP contribution in [0.15, 0.2) is 47.0 Å². The van der Waals surface area contributed by atoms with Crippen LogP contribution >= 0.6 is 11.6 Å². The van der Waals surface area contributed by atoms with E-state index in [-0.39, 0.29) is 6.61 Å². The smallest absolute Gasteiger partial charge is 0.237 e. The molecule has 0 unspecified atom stereocenters. The lowest BCUT2D eigenvalue weighted by molar-refractivity contribution is 0.112. The molecule has 0 saturated heterocycles. The molecule has 1 saturated carbocycles. The first-order valence-electron chi connectivity index (χ1n) is 11.3. The highest BCUT2D eigenvalue weighted by atomic mass is 35.5. The van der Waals surface area contributed by atoms with Crippen molar-refractivity contribution >= 4 is 17.9 Å². The standard InChI is InChI=1S/C26H22ClN3O4/c1-15-3-2-4-20(27)24(15)25-19(26(34-29-25)17-6-7-17)14-32-22-12-23-30(28-22)10-9-18-11-16(13-31)5-8-21(18)33-23/h2-5,8,11-13,17H,6-7,9-10,14H2,1H3. The van der Waals surface area contributed by atoms with Gasteiger partial charge >= 0.3 is 0 Å². The van der Waals surface area contributed by atoms with Crippen molar-refractivity contribution in [2.75, 3.05) is 0 Å². The van der Waals surface area contributed by atoms with Gasteiger partial charge in [-0.25, -0.2) is 4.68 Å². The molecule has 2 aliphatic rings. The highest BCUT2D eigenvalue weighted by Gasteiger charge is 2.33. The lowest BCUT2D eigenvalue weighted by atomic mass is 10.0. The maximum Gasteiger partial charge on any atom is 0.237 e. The van der Waals surface area contributed by atoms with E-state index in [0.29, 0.717) is 41.2 Å². The fourth-order valence-electron chi connectivity index (χ4n) is 4.40. The summed E-state index contributed by atoms with van der Waals surface area (Å²) in [5.74, 6) is 3.03. The summed E-state index contributed by atoms with van der Waals surface area (Å²) < 4.78 is 19.7. The van der Waals surface area contributed by atoms with Gasteiger partial charge in [-0.05, 0) is 61.6 Å². The van der Waals surface area contributed by atoms with Crippen LogP contribution in [0.2, 0.25) is 5.02 Å². The quantitative estimate of drug-likeness (QED) is 0.313. The molecule has 1 aliphatic heterocycles. The third-order valence-electron chi connectivity index (χ3n) is 6.34. The lowest BCUT2D eigenvalue weighted by Gasteiger charge is -2.09. The number of aromatic nitrogens is 3. The highest BCUT2D eigenvalue weighted by molar-refractivity contribution is 6.33. The maximum atomic E-state index is 11.1. The summed E-state index contributed by atoms with van der Waals surface area (Å²) in [5, 5.41) is 9.60. The molecular formula is C26H22ClN3O4. The predicted molar refractivity (Wildman–Crippen MR) is 126 cm³/mol. The number of carbonyl (C=O) groups excluding carboxylic acids is 1. The zero-order valence-corrected chi connectivity index (χ0v) is 19.3. The van der Waals surface area contributed by atoms with E-state index in [1.54, 1.807) is 16.8 Å². The van der Waals surface area contributed by atoms with Crippen molar-refractivity contribution < 1.29 is 18.8 Å². The normalized spacial score (nSPS) is 14.6. The molecule has 1 fully saturated rings. The highest BCUT2D eigenvalue weighted by Crippen LogP contribution is 2.45. The Labute approximate surface area is 201 Å². The molecule has 1 aliphatic carbocycles. The first-order valence-corrected chi connectivity index (χ1v) is 11.7. The molecule has 6 rings (SSSR count). The number of carbonyl (C=O) groups is 1. The molecule has 3 heterocycles. The Morgan fingerprint density at radius 1 is 1.24 bits per heavy atom. The van der Waals surface area contributed by atoms with E-state index in [2.05, 4.69) is 10.3 Å². The summed E-state index contributed by atoms with van der Waals surface area (Å²) in [4.78, 5) is 11.1. The Balaban J connectivity index is 1.27. The third kappa shape index (κ3) is 3.76. The number of nitrogens with zero attached hydrogens (tertiary/aromatic N) is 3. The first kappa shape index (κ1) is 21.0. The molecule has 0 bridgehead atoms. The second-order valence-corrected chi connectivity index (χ2v) is 9.16. The molecule has 0 radical (unpaired) electrons. The molecule has 0 amide bonds. The second-order valence-electron chi connectivity index (χ2n) is 8.75. The summed E-state index contributed by atoms with van der Waals surface area (Å²) in [6.07, 6.45) is 3.72. The minimum Gasteiger partial charge on any atom is -0.471 e. The van der Waals surface area contributed by atoms with Gasteiger partial charge in [-0.2, -0.15) is 0 Å². The summed E-state index contributed by atoms with van der Waals surface area (Å²) in [5.41, 5.74) is 5.15. The average Bonchev–Trinajstić information content (AvgIpc) is 3.53. The zero-order valence-electron chi connectivity index (χ0n) is 18.6. The predicted octanol–water partition coefficient (Wildman–Crippen LogP) is 6.12. The number of rotatable bonds is 6. The molecule has 172 valence electrons. The second kappa shape index (κ2) is 8.33. The zero-order chi connectivity index (χ0) is 23.2. The van der Waals surface area contributed by atoms with E-state index in [0.717, 1.165) is 58.6 Å². The largest absolute Gasteiger partial charge is 0.471 e. The average molecular weight is 476 g/mol. The number of aldehydes is 1. The Morgan fingerprint density at radius 2 is 2.12 bits per heavy atom. The molecule has 0 N–H and O–H groups in total. The van der Waals surface area contributed by atoms with Gasteiger partial charge in [0, 0.05) is 23.6 Å². The van der Waals surface area contributed by atoms with Gasteiger partial charge in [0.25, 0.3) is 0 Å². The molecule has 7 nitrogen and oxygen atoms in total. The van der Waals surface area contributed by atoms with Crippen molar-refractivity contribution in [2.45, 2.75) is 45.3 Å². The van der Waals surface area contributed by atoms with Crippen molar-refractivity contribution in [3.8, 4) is 28.8 Å². The van der Waals surface area contributed by atoms with Gasteiger partial charge < -0.3 is 14.0 Å². The summed E-state index contributed by atoms with van der Waals surface area (Å²) >= 11 is 6.53. The van der Waals surface area contributed by atoms with Gasteiger partial charge in [0.15, 0.2) is 0 Å². The van der Waals surface area contributed by atoms with Crippen LogP contribution in [0.4, 0.5) is 0 Å². The maximum absolute atomic E-state index is 11.1. The van der Waals surface area contributed by atoms with E-state index in [1.807, 2.05) is 37.3 Å². The molecule has 34 heavy (non-hydrogen) atoms. The fourth-order valence-corrected chi connectivity index (χ4v) is 4.71. The van der Waals surface area contributed by atoms with Crippen molar-refractivity contribution in [1.29, 1.82) is 0 Å². The van der Waals surface area contributed by atoms with Gasteiger partial charge in [0.2, 0.25) is 11.8 Å². The van der Waals surface area contributed by atoms with Crippen LogP contribution in [0.1, 0.15) is 51.6 Å². The number of halogens is 1. The van der Waals surface area contributed by atoms with Crippen molar-refractivity contribution in [3.05, 3.63) is 75.5 Å². The first-order chi connectivity index (χ1) is 16.6. The summed E-state index contributed by atoms with van der Waals surface area (Å²) in [6.45, 7) is 2.90. The Kier molecular flexibility index (Phi) is 5.14. The van der Waals surface area contributed by atoms with E-state index in [9.17, 15) is 4.79 Å². The molecule has 0 spiro atoms. The molecule has 2 aromatic carbocycles. The van der Waals surface area contributed by atoms with Gasteiger partial charge in [0.1, 0.15) is 30.1 Å². The Morgan fingerprint density at radius 3 is 2.91 bits per heavy atom. The molecule has 4 aromatic rings. The Hall–Kier alpha value is -3.58. The SMILES string of the molecule is Cc1cccc(Cl)c1-c1noc(C2CC2)c1COc1cc2n(n1)CCc1cc(C=O)ccc1O2. The van der Waals surface area contributed by atoms with Crippen LogP contribution in [0.5, 0.6) is 17.5 Å². The van der Waals surface area contributed by atoms with E-state index in [1.165, 1.54) is 0 Å². The van der Waals surface area contributed by atoms with Crippen LogP contribution in [-0.4, -0.2) is 21.2 Å². The number of benzene rings is 2. The third-order valence-corrected chi connectivity index (χ3v) is 6.65. The van der Waals surface area contributed by atoms with E-state index >= 15 is 0 Å². The molecule has 0 atom stereocenters. The van der Waals surface area contributed by atoms with Gasteiger partial charge in [-0.1, -0.05) is 28.9 Å². The van der Waals surface area contributed by atoms with E-state index < -0.39 is 0 Å². The monoisotopic (exact) mass is 475 g/mol. The van der Waals surface area contributed by atoms with Crippen LogP contribution < -0.4 is 9.47 Å². The molecule has 2 aromatic heterocycles. The fraction of sp³-hybridized carbons (Fsp3) is 0.269. The van der Waals surface area contributed by atoms with Crippen LogP contribution in [0, 0.1) is 6.92 Å². The Bertz CT molecular complexity index is 1380. The van der Waals surface area contributed by atoms with E-state index in [4.69, 9.17) is 25.6 Å². The topological polar surface area (TPSA) is 79.4 Å². The van der Waals surface area contributed by atoms with Crippen molar-refractivity contribution in [3.63, 3.8) is 0 Å². The minimum atomic E-state index is 0.269. The van der Waals surface area contributed by atoms with Crippen LogP contribution in [0.3, 0.4) is 0 Å². The number of hydrogen-bond acceptors (Lipinski definition) is 6. The van der Waals surface area contributed by atoms with Crippen molar-refractivity contribution in [1.82, 2.24) is 14.9 Å². The van der Waals surface area contributed by atoms with Crippen molar-refractivity contribution in [2.24, 2.45) is 0 Å². The van der Waals surface area contributed by atoms with Gasteiger partial charge in [-0.3, -0.25) is 4.79 Å². The van der Waals surface area contributed by atoms with Crippen LogP contribution in [0.25, 0.3) is 11.3 Å². The van der Waals surface area contributed by atoms with Gasteiger partial charge in [0.05, 0.1) is 16.7 Å². The molecule has 8 heteroatoms. The minimum absolute atomic E-state index is 0.269. The number of hydrogen-bond donors (Lipinski definition) is 0. The number of ether oxygens (including phenoxy) is 2. The van der Waals surface area contributed by atoms with Gasteiger partial charge in [-0.15, -0.1) is 5.10 Å². The lowest BCUT2D eigenvalue weighted by Crippen LogP contribution is -2.03. The molecular weight excluding hydrogens is 454 g/mol. The van der Waals surface area contributed by atoms with Crippen LogP contribution in [-0.2, 0) is 19.6 Å². The summed E-state index contributed by atoms with van der Waals surface area (Å²) in [7, 11) is 0. The summed E-state index contributed by atoms with van der Waals surface area (Å²) in [6, 6.07) is 13.0.